The first-order chi connectivity index (χ1) is 8.49. The lowest BCUT2D eigenvalue weighted by Gasteiger charge is -2.17. The van der Waals surface area contributed by atoms with Gasteiger partial charge in [0.1, 0.15) is 18.4 Å². The molecule has 0 aliphatic heterocycles. The molecule has 1 heterocycles. The molecule has 1 N–H and O–H groups in total. The number of fused-ring (bicyclic) bond motifs is 1. The van der Waals surface area contributed by atoms with E-state index in [1.165, 1.54) is 0 Å². The molecule has 0 atom stereocenters. The van der Waals surface area contributed by atoms with E-state index < -0.39 is 12.7 Å². The van der Waals surface area contributed by atoms with Gasteiger partial charge in [-0.25, -0.2) is 4.98 Å². The van der Waals surface area contributed by atoms with Gasteiger partial charge in [0.25, 0.3) is 0 Å². The molecule has 0 bridgehead atoms. The molecule has 0 spiro atoms. The van der Waals surface area contributed by atoms with E-state index in [0.29, 0.717) is 0 Å². The Morgan fingerprint density at radius 3 is 2.72 bits per heavy atom. The summed E-state index contributed by atoms with van der Waals surface area (Å²) in [6.07, 6.45) is -0.678. The molecular weight excluding hydrogens is 243 g/mol. The summed E-state index contributed by atoms with van der Waals surface area (Å²) in [6, 6.07) is 3.54. The topological polar surface area (TPSA) is 48.7 Å². The Morgan fingerprint density at radius 2 is 2.06 bits per heavy atom. The van der Waals surface area contributed by atoms with Gasteiger partial charge in [-0.05, 0) is 37.3 Å². The summed E-state index contributed by atoms with van der Waals surface area (Å²) in [5, 5.41) is 11.1. The highest BCUT2D eigenvalue weighted by Crippen LogP contribution is 2.25. The lowest BCUT2D eigenvalue weighted by atomic mass is 9.95. The van der Waals surface area contributed by atoms with Gasteiger partial charge in [0.2, 0.25) is 0 Å². The van der Waals surface area contributed by atoms with Crippen LogP contribution in [-0.2, 0) is 12.8 Å². The zero-order chi connectivity index (χ0) is 13.2. The summed E-state index contributed by atoms with van der Waals surface area (Å²) < 4.78 is 36.4. The third-order valence-electron chi connectivity index (χ3n) is 2.88. The van der Waals surface area contributed by atoms with Crippen molar-refractivity contribution in [2.75, 3.05) is 11.9 Å². The van der Waals surface area contributed by atoms with E-state index in [1.807, 2.05) is 6.07 Å². The number of nitriles is 1. The molecule has 0 fully saturated rings. The van der Waals surface area contributed by atoms with Crippen LogP contribution in [0.5, 0.6) is 0 Å². The lowest BCUT2D eigenvalue weighted by Crippen LogP contribution is -2.23. The van der Waals surface area contributed by atoms with Crippen molar-refractivity contribution in [1.82, 2.24) is 4.98 Å². The number of hydrogen-bond acceptors (Lipinski definition) is 3. The largest absolute Gasteiger partial charge is 0.405 e. The van der Waals surface area contributed by atoms with E-state index in [-0.39, 0.29) is 11.4 Å². The van der Waals surface area contributed by atoms with E-state index in [4.69, 9.17) is 5.26 Å². The molecule has 1 aliphatic carbocycles. The van der Waals surface area contributed by atoms with Crippen molar-refractivity contribution < 1.29 is 13.2 Å². The highest BCUT2D eigenvalue weighted by molar-refractivity contribution is 5.54. The summed E-state index contributed by atoms with van der Waals surface area (Å²) >= 11 is 0. The van der Waals surface area contributed by atoms with Crippen molar-refractivity contribution in [1.29, 1.82) is 5.26 Å². The maximum atomic E-state index is 12.1. The number of aromatic nitrogens is 1. The fourth-order valence-electron chi connectivity index (χ4n) is 2.04. The molecule has 6 heteroatoms. The molecule has 0 amide bonds. The number of hydrogen-bond donors (Lipinski definition) is 1. The Bertz CT molecular complexity index is 489. The molecule has 96 valence electrons. The zero-order valence-corrected chi connectivity index (χ0v) is 9.64. The van der Waals surface area contributed by atoms with Gasteiger partial charge in [-0.15, -0.1) is 0 Å². The summed E-state index contributed by atoms with van der Waals surface area (Å²) in [7, 11) is 0. The van der Waals surface area contributed by atoms with Crippen LogP contribution in [0.25, 0.3) is 0 Å². The average molecular weight is 255 g/mol. The number of rotatable bonds is 2. The molecule has 1 aromatic heterocycles. The molecule has 3 nitrogen and oxygen atoms in total. The predicted octanol–water partition coefficient (Wildman–Crippen LogP) is 2.81. The highest BCUT2D eigenvalue weighted by Gasteiger charge is 2.27. The molecule has 0 unspecified atom stereocenters. The maximum Gasteiger partial charge on any atom is 0.405 e. The first-order valence-corrected chi connectivity index (χ1v) is 5.73. The van der Waals surface area contributed by atoms with Gasteiger partial charge < -0.3 is 5.32 Å². The second-order valence-corrected chi connectivity index (χ2v) is 4.28. The van der Waals surface area contributed by atoms with Crippen LogP contribution in [0.1, 0.15) is 29.7 Å². The summed E-state index contributed by atoms with van der Waals surface area (Å²) in [4.78, 5) is 4.15. The van der Waals surface area contributed by atoms with E-state index in [0.717, 1.165) is 36.9 Å². The Labute approximate surface area is 103 Å². The van der Waals surface area contributed by atoms with Gasteiger partial charge in [-0.3, -0.25) is 0 Å². The highest BCUT2D eigenvalue weighted by atomic mass is 19.4. The van der Waals surface area contributed by atoms with Crippen LogP contribution >= 0.6 is 0 Å². The first-order valence-electron chi connectivity index (χ1n) is 5.73. The van der Waals surface area contributed by atoms with E-state index in [2.05, 4.69) is 10.3 Å². The Kier molecular flexibility index (Phi) is 3.41. The van der Waals surface area contributed by atoms with Crippen LogP contribution in [0, 0.1) is 11.3 Å². The lowest BCUT2D eigenvalue weighted by molar-refractivity contribution is -0.115. The second kappa shape index (κ2) is 4.84. The number of alkyl halides is 3. The minimum Gasteiger partial charge on any atom is -0.360 e. The summed E-state index contributed by atoms with van der Waals surface area (Å²) in [6.45, 7) is -1.17. The average Bonchev–Trinajstić information content (AvgIpc) is 2.34. The number of halogens is 3. The fourth-order valence-corrected chi connectivity index (χ4v) is 2.04. The van der Waals surface area contributed by atoms with E-state index in [9.17, 15) is 13.2 Å². The smallest absolute Gasteiger partial charge is 0.360 e. The molecule has 1 aliphatic rings. The first kappa shape index (κ1) is 12.7. The van der Waals surface area contributed by atoms with Crippen LogP contribution in [0.2, 0.25) is 0 Å². The number of pyridine rings is 1. The van der Waals surface area contributed by atoms with Gasteiger partial charge >= 0.3 is 6.18 Å². The van der Waals surface area contributed by atoms with Gasteiger partial charge in [0, 0.05) is 5.69 Å². The number of nitrogens with one attached hydrogen (secondary N) is 1. The van der Waals surface area contributed by atoms with E-state index >= 15 is 0 Å². The van der Waals surface area contributed by atoms with Crippen LogP contribution in [0.4, 0.5) is 19.0 Å². The third kappa shape index (κ3) is 2.92. The molecule has 1 aromatic rings. The van der Waals surface area contributed by atoms with Crippen molar-refractivity contribution in [3.63, 3.8) is 0 Å². The molecule has 0 aromatic carbocycles. The van der Waals surface area contributed by atoms with Crippen molar-refractivity contribution >= 4 is 5.82 Å². The van der Waals surface area contributed by atoms with Crippen molar-refractivity contribution in [2.45, 2.75) is 31.9 Å². The van der Waals surface area contributed by atoms with Crippen LogP contribution in [0.3, 0.4) is 0 Å². The van der Waals surface area contributed by atoms with Gasteiger partial charge in [-0.2, -0.15) is 18.4 Å². The molecular formula is C12H12F3N3. The maximum absolute atomic E-state index is 12.1. The normalized spacial score (nSPS) is 14.8. The zero-order valence-electron chi connectivity index (χ0n) is 9.64. The Morgan fingerprint density at radius 1 is 1.33 bits per heavy atom. The van der Waals surface area contributed by atoms with Crippen LogP contribution in [-0.4, -0.2) is 17.7 Å². The van der Waals surface area contributed by atoms with Gasteiger partial charge in [0.15, 0.2) is 0 Å². The van der Waals surface area contributed by atoms with Crippen LogP contribution < -0.4 is 5.32 Å². The molecule has 0 radical (unpaired) electrons. The minimum absolute atomic E-state index is 0.0375. The fraction of sp³-hybridized carbons (Fsp3) is 0.500. The Hall–Kier alpha value is -1.77. The Balaban J connectivity index is 2.26. The SMILES string of the molecule is N#Cc1cc2c(nc1NCC(F)(F)F)CCCC2. The summed E-state index contributed by atoms with van der Waals surface area (Å²) in [5.74, 6) is 0.0375. The van der Waals surface area contributed by atoms with Crippen LogP contribution in [0.15, 0.2) is 6.07 Å². The standard InChI is InChI=1S/C12H12F3N3/c13-12(14,15)7-17-11-9(6-16)5-8-3-1-2-4-10(8)18-11/h5H,1-4,7H2,(H,17,18). The van der Waals surface area contributed by atoms with Gasteiger partial charge in [-0.1, -0.05) is 0 Å². The number of anilines is 1. The predicted molar refractivity (Wildman–Crippen MR) is 60.1 cm³/mol. The second-order valence-electron chi connectivity index (χ2n) is 4.28. The molecule has 2 rings (SSSR count). The summed E-state index contributed by atoms with van der Waals surface area (Å²) in [5.41, 5.74) is 1.97. The number of nitrogens with zero attached hydrogens (tertiary/aromatic N) is 2. The molecule has 0 saturated heterocycles. The molecule has 0 saturated carbocycles. The monoisotopic (exact) mass is 255 g/mol. The van der Waals surface area contributed by atoms with Crippen molar-refractivity contribution in [3.8, 4) is 6.07 Å². The quantitative estimate of drug-likeness (QED) is 0.884. The number of aryl methyl sites for hydroxylation is 2. The van der Waals surface area contributed by atoms with Crippen molar-refractivity contribution in [3.05, 3.63) is 22.9 Å². The third-order valence-corrected chi connectivity index (χ3v) is 2.88. The van der Waals surface area contributed by atoms with Crippen molar-refractivity contribution in [2.24, 2.45) is 0 Å². The van der Waals surface area contributed by atoms with E-state index in [1.54, 1.807) is 6.07 Å². The minimum atomic E-state index is -4.32. The molecule has 18 heavy (non-hydrogen) atoms. The van der Waals surface area contributed by atoms with Gasteiger partial charge in [0.05, 0.1) is 5.56 Å².